The lowest BCUT2D eigenvalue weighted by Crippen LogP contribution is -2.07. The number of hydrogen-bond donors (Lipinski definition) is 0. The number of rotatable bonds is 8. The van der Waals surface area contributed by atoms with Crippen LogP contribution in [-0.4, -0.2) is 25.3 Å². The van der Waals surface area contributed by atoms with Crippen LogP contribution in [0.3, 0.4) is 0 Å². The van der Waals surface area contributed by atoms with Gasteiger partial charge in [0.15, 0.2) is 0 Å². The lowest BCUT2D eigenvalue weighted by atomic mass is 10.3. The predicted molar refractivity (Wildman–Crippen MR) is 56.1 cm³/mol. The molecule has 14 heavy (non-hydrogen) atoms. The second kappa shape index (κ2) is 10.4. The topological polar surface area (TPSA) is 18.5 Å². The van der Waals surface area contributed by atoms with Crippen molar-refractivity contribution in [1.82, 2.24) is 0 Å². The average molecular weight is 223 g/mol. The Balaban J connectivity index is 3.30. The molecule has 82 valence electrons. The Labute approximate surface area is 89.3 Å². The molecule has 1 unspecified atom stereocenters. The van der Waals surface area contributed by atoms with Crippen LogP contribution in [0.5, 0.6) is 0 Å². The second-order valence-corrected chi connectivity index (χ2v) is 2.97. The van der Waals surface area contributed by atoms with Crippen LogP contribution in [-0.2, 0) is 9.47 Å². The van der Waals surface area contributed by atoms with Crippen LogP contribution in [0.2, 0.25) is 0 Å². The number of ether oxygens (including phenoxy) is 2. The maximum atomic E-state index is 11.6. The molecule has 0 aromatic carbocycles. The van der Waals surface area contributed by atoms with Crippen LogP contribution in [0.1, 0.15) is 13.3 Å². The van der Waals surface area contributed by atoms with Gasteiger partial charge in [0.05, 0.1) is 25.2 Å². The SMILES string of the molecule is CC(CCOC=CCF)OC=CCCl. The van der Waals surface area contributed by atoms with Gasteiger partial charge in [0.2, 0.25) is 0 Å². The minimum absolute atomic E-state index is 0.0771. The predicted octanol–water partition coefficient (Wildman–Crippen LogP) is 3.03. The Morgan fingerprint density at radius 3 is 2.79 bits per heavy atom. The van der Waals surface area contributed by atoms with Crippen molar-refractivity contribution in [2.75, 3.05) is 19.2 Å². The number of halogens is 2. The van der Waals surface area contributed by atoms with Gasteiger partial charge in [0, 0.05) is 12.3 Å². The smallest absolute Gasteiger partial charge is 0.111 e. The molecule has 0 radical (unpaired) electrons. The quantitative estimate of drug-likeness (QED) is 0.357. The van der Waals surface area contributed by atoms with Gasteiger partial charge < -0.3 is 9.47 Å². The molecule has 0 aliphatic heterocycles. The van der Waals surface area contributed by atoms with Crippen molar-refractivity contribution in [3.05, 3.63) is 24.7 Å². The summed E-state index contributed by atoms with van der Waals surface area (Å²) in [5.74, 6) is 0.447. The Bertz CT molecular complexity index is 172. The minimum Gasteiger partial charge on any atom is -0.501 e. The number of alkyl halides is 2. The fraction of sp³-hybridized carbons (Fsp3) is 0.600. The summed E-state index contributed by atoms with van der Waals surface area (Å²) in [7, 11) is 0. The molecular weight excluding hydrogens is 207 g/mol. The first-order valence-corrected chi connectivity index (χ1v) is 5.03. The van der Waals surface area contributed by atoms with Gasteiger partial charge in [-0.25, -0.2) is 4.39 Å². The molecular formula is C10H16ClFO2. The van der Waals surface area contributed by atoms with E-state index in [4.69, 9.17) is 21.1 Å². The van der Waals surface area contributed by atoms with E-state index >= 15 is 0 Å². The first-order chi connectivity index (χ1) is 6.81. The van der Waals surface area contributed by atoms with Crippen LogP contribution >= 0.6 is 11.6 Å². The summed E-state index contributed by atoms with van der Waals surface area (Å²) in [4.78, 5) is 0. The van der Waals surface area contributed by atoms with Gasteiger partial charge >= 0.3 is 0 Å². The van der Waals surface area contributed by atoms with Crippen molar-refractivity contribution in [2.24, 2.45) is 0 Å². The molecule has 0 aromatic heterocycles. The van der Waals surface area contributed by atoms with E-state index in [1.54, 1.807) is 12.3 Å². The molecule has 0 spiro atoms. The van der Waals surface area contributed by atoms with Crippen LogP contribution in [0.25, 0.3) is 0 Å². The highest BCUT2D eigenvalue weighted by molar-refractivity contribution is 6.18. The van der Waals surface area contributed by atoms with Gasteiger partial charge in [-0.3, -0.25) is 0 Å². The molecule has 0 N–H and O–H groups in total. The van der Waals surface area contributed by atoms with Crippen molar-refractivity contribution in [2.45, 2.75) is 19.4 Å². The Morgan fingerprint density at radius 1 is 1.36 bits per heavy atom. The zero-order valence-electron chi connectivity index (χ0n) is 8.29. The highest BCUT2D eigenvalue weighted by Gasteiger charge is 1.98. The normalized spacial score (nSPS) is 13.6. The van der Waals surface area contributed by atoms with Crippen LogP contribution in [0.4, 0.5) is 4.39 Å². The molecule has 0 fully saturated rings. The van der Waals surface area contributed by atoms with Crippen molar-refractivity contribution in [1.29, 1.82) is 0 Å². The molecule has 4 heteroatoms. The van der Waals surface area contributed by atoms with E-state index in [2.05, 4.69) is 0 Å². The van der Waals surface area contributed by atoms with Gasteiger partial charge in [-0.2, -0.15) is 0 Å². The van der Waals surface area contributed by atoms with Crippen LogP contribution in [0, 0.1) is 0 Å². The summed E-state index contributed by atoms with van der Waals surface area (Å²) in [5.41, 5.74) is 0. The fourth-order valence-corrected chi connectivity index (χ4v) is 0.773. The summed E-state index contributed by atoms with van der Waals surface area (Å²) >= 11 is 5.41. The monoisotopic (exact) mass is 222 g/mol. The van der Waals surface area contributed by atoms with Crippen molar-refractivity contribution < 1.29 is 13.9 Å². The molecule has 0 aliphatic carbocycles. The Morgan fingerprint density at radius 2 is 2.14 bits per heavy atom. The van der Waals surface area contributed by atoms with Crippen LogP contribution < -0.4 is 0 Å². The van der Waals surface area contributed by atoms with Gasteiger partial charge in [0.1, 0.15) is 6.67 Å². The van der Waals surface area contributed by atoms with E-state index < -0.39 is 6.67 Å². The molecule has 1 atom stereocenters. The zero-order chi connectivity index (χ0) is 10.6. The third-order valence-corrected chi connectivity index (χ3v) is 1.60. The summed E-state index contributed by atoms with van der Waals surface area (Å²) in [6.45, 7) is 1.96. The lowest BCUT2D eigenvalue weighted by Gasteiger charge is -2.10. The number of allylic oxidation sites excluding steroid dienone is 2. The zero-order valence-corrected chi connectivity index (χ0v) is 9.04. The largest absolute Gasteiger partial charge is 0.501 e. The van der Waals surface area contributed by atoms with Gasteiger partial charge in [0.25, 0.3) is 0 Å². The van der Waals surface area contributed by atoms with E-state index in [0.29, 0.717) is 12.5 Å². The lowest BCUT2D eigenvalue weighted by molar-refractivity contribution is 0.119. The van der Waals surface area contributed by atoms with Gasteiger partial charge in [-0.15, -0.1) is 11.6 Å². The second-order valence-electron chi connectivity index (χ2n) is 2.66. The van der Waals surface area contributed by atoms with Gasteiger partial charge in [-0.05, 0) is 19.1 Å². The van der Waals surface area contributed by atoms with E-state index in [-0.39, 0.29) is 6.10 Å². The van der Waals surface area contributed by atoms with Crippen molar-refractivity contribution >= 4 is 11.6 Å². The Hall–Kier alpha value is -0.700. The molecule has 0 saturated carbocycles. The standard InChI is InChI=1S/C10H16ClFO2/c1-10(14-8-2-5-11)4-9-13-7-3-6-12/h2-3,7-8,10H,4-6,9H2,1H3. The highest BCUT2D eigenvalue weighted by atomic mass is 35.5. The van der Waals surface area contributed by atoms with E-state index in [0.717, 1.165) is 6.42 Å². The third kappa shape index (κ3) is 9.39. The summed E-state index contributed by atoms with van der Waals surface area (Å²) in [6, 6.07) is 0. The molecule has 0 heterocycles. The average Bonchev–Trinajstić information content (AvgIpc) is 2.18. The van der Waals surface area contributed by atoms with Crippen LogP contribution in [0.15, 0.2) is 24.7 Å². The fourth-order valence-electron chi connectivity index (χ4n) is 0.701. The van der Waals surface area contributed by atoms with Crippen molar-refractivity contribution in [3.8, 4) is 0 Å². The highest BCUT2D eigenvalue weighted by Crippen LogP contribution is 1.99. The first kappa shape index (κ1) is 13.3. The van der Waals surface area contributed by atoms with Gasteiger partial charge in [-0.1, -0.05) is 0 Å². The molecule has 0 aromatic rings. The Kier molecular flexibility index (Phi) is 9.86. The van der Waals surface area contributed by atoms with E-state index in [1.807, 2.05) is 6.92 Å². The maximum Gasteiger partial charge on any atom is 0.111 e. The molecule has 2 nitrogen and oxygen atoms in total. The molecule has 0 rings (SSSR count). The molecule has 0 amide bonds. The maximum absolute atomic E-state index is 11.6. The van der Waals surface area contributed by atoms with Crippen molar-refractivity contribution in [3.63, 3.8) is 0 Å². The van der Waals surface area contributed by atoms with E-state index in [1.165, 1.54) is 12.3 Å². The van der Waals surface area contributed by atoms with E-state index in [9.17, 15) is 4.39 Å². The minimum atomic E-state index is -0.496. The molecule has 0 aliphatic rings. The molecule has 0 bridgehead atoms. The first-order valence-electron chi connectivity index (χ1n) is 4.50. The summed E-state index contributed by atoms with van der Waals surface area (Å²) in [6.07, 6.45) is 6.81. The summed E-state index contributed by atoms with van der Waals surface area (Å²) in [5, 5.41) is 0. The number of hydrogen-bond acceptors (Lipinski definition) is 2. The molecule has 0 saturated heterocycles. The summed E-state index contributed by atoms with van der Waals surface area (Å²) < 4.78 is 21.8. The third-order valence-electron chi connectivity index (χ3n) is 1.42.